The first-order valence-corrected chi connectivity index (χ1v) is 7.55. The van der Waals surface area contributed by atoms with Gasteiger partial charge in [-0.25, -0.2) is 0 Å². The maximum atomic E-state index is 9.34. The van der Waals surface area contributed by atoms with E-state index in [1.807, 2.05) is 23.9 Å². The van der Waals surface area contributed by atoms with Crippen molar-refractivity contribution in [2.75, 3.05) is 24.7 Å². The lowest BCUT2D eigenvalue weighted by Crippen LogP contribution is -2.16. The molecule has 0 unspecified atom stereocenters. The molecule has 17 heavy (non-hydrogen) atoms. The summed E-state index contributed by atoms with van der Waals surface area (Å²) in [7, 11) is 0. The zero-order valence-corrected chi connectivity index (χ0v) is 12.1. The molecule has 0 aliphatic carbocycles. The van der Waals surface area contributed by atoms with E-state index >= 15 is 0 Å². The summed E-state index contributed by atoms with van der Waals surface area (Å²) in [5, 5.41) is 21.3. The van der Waals surface area contributed by atoms with Crippen LogP contribution in [0.1, 0.15) is 12.0 Å². The topological polar surface area (TPSA) is 52.5 Å². The van der Waals surface area contributed by atoms with Gasteiger partial charge in [-0.15, -0.1) is 0 Å². The minimum Gasteiger partial charge on any atom is -0.507 e. The van der Waals surface area contributed by atoms with Gasteiger partial charge in [-0.3, -0.25) is 0 Å². The van der Waals surface area contributed by atoms with Crippen molar-refractivity contribution in [2.24, 2.45) is 0 Å². The highest BCUT2D eigenvalue weighted by Crippen LogP contribution is 2.24. The highest BCUT2D eigenvalue weighted by molar-refractivity contribution is 9.10. The molecule has 3 nitrogen and oxygen atoms in total. The van der Waals surface area contributed by atoms with E-state index in [1.165, 1.54) is 0 Å². The fourth-order valence-corrected chi connectivity index (χ4v) is 2.56. The van der Waals surface area contributed by atoms with Crippen LogP contribution in [0, 0.1) is 0 Å². The molecule has 0 aliphatic heterocycles. The highest BCUT2D eigenvalue weighted by atomic mass is 79.9. The number of aliphatic hydroxyl groups excluding tert-OH is 1. The summed E-state index contributed by atoms with van der Waals surface area (Å²) in [5.41, 5.74) is 1.15. The maximum Gasteiger partial charge on any atom is 0.129 e. The average Bonchev–Trinajstić information content (AvgIpc) is 2.32. The Balaban J connectivity index is 2.11. The van der Waals surface area contributed by atoms with E-state index in [4.69, 9.17) is 5.11 Å². The fraction of sp³-hybridized carbons (Fsp3) is 0.500. The van der Waals surface area contributed by atoms with Gasteiger partial charge in [-0.1, -0.05) is 6.07 Å². The third kappa shape index (κ3) is 6.31. The lowest BCUT2D eigenvalue weighted by Gasteiger charge is -2.06. The molecule has 0 radical (unpaired) electrons. The predicted octanol–water partition coefficient (Wildman–Crippen LogP) is 2.36. The first kappa shape index (κ1) is 14.8. The highest BCUT2D eigenvalue weighted by Gasteiger charge is 1.99. The van der Waals surface area contributed by atoms with Gasteiger partial charge in [0.05, 0.1) is 4.47 Å². The second-order valence-corrected chi connectivity index (χ2v) is 5.73. The molecule has 0 bridgehead atoms. The van der Waals surface area contributed by atoms with Crippen molar-refractivity contribution in [3.63, 3.8) is 0 Å². The van der Waals surface area contributed by atoms with E-state index in [0.29, 0.717) is 0 Å². The van der Waals surface area contributed by atoms with Crippen LogP contribution in [-0.4, -0.2) is 34.9 Å². The van der Waals surface area contributed by atoms with Gasteiger partial charge in [0.15, 0.2) is 0 Å². The average molecular weight is 320 g/mol. The first-order valence-electron chi connectivity index (χ1n) is 5.60. The summed E-state index contributed by atoms with van der Waals surface area (Å²) in [6, 6.07) is 5.52. The van der Waals surface area contributed by atoms with Gasteiger partial charge in [-0.2, -0.15) is 11.8 Å². The second-order valence-electron chi connectivity index (χ2n) is 3.65. The van der Waals surface area contributed by atoms with Crippen molar-refractivity contribution >= 4 is 27.7 Å². The number of benzene rings is 1. The smallest absolute Gasteiger partial charge is 0.129 e. The Morgan fingerprint density at radius 3 is 2.82 bits per heavy atom. The number of rotatable bonds is 8. The van der Waals surface area contributed by atoms with Crippen molar-refractivity contribution in [1.82, 2.24) is 5.32 Å². The summed E-state index contributed by atoms with van der Waals surface area (Å²) in [6.07, 6.45) is 0.871. The molecular formula is C12H18BrNO2S. The quantitative estimate of drug-likeness (QED) is 0.644. The first-order chi connectivity index (χ1) is 8.24. The number of aliphatic hydroxyl groups is 1. The number of aromatic hydroxyl groups is 1. The Morgan fingerprint density at radius 1 is 1.29 bits per heavy atom. The molecule has 1 rings (SSSR count). The Kier molecular flexibility index (Phi) is 7.68. The molecule has 0 fully saturated rings. The van der Waals surface area contributed by atoms with Crippen molar-refractivity contribution in [2.45, 2.75) is 13.0 Å². The summed E-state index contributed by atoms with van der Waals surface area (Å²) < 4.78 is 0.731. The lowest BCUT2D eigenvalue weighted by molar-refractivity contribution is 0.296. The Morgan fingerprint density at radius 2 is 2.12 bits per heavy atom. The summed E-state index contributed by atoms with van der Waals surface area (Å²) in [5.74, 6) is 2.34. The molecule has 0 aromatic heterocycles. The van der Waals surface area contributed by atoms with Gasteiger partial charge < -0.3 is 15.5 Å². The van der Waals surface area contributed by atoms with Gasteiger partial charge in [-0.05, 0) is 45.8 Å². The van der Waals surface area contributed by atoms with Crippen LogP contribution in [0.15, 0.2) is 22.7 Å². The molecule has 5 heteroatoms. The Labute approximate surface area is 115 Å². The Hall–Kier alpha value is -0.230. The van der Waals surface area contributed by atoms with Crippen molar-refractivity contribution in [3.05, 3.63) is 28.2 Å². The van der Waals surface area contributed by atoms with Gasteiger partial charge in [0.25, 0.3) is 0 Å². The molecule has 3 N–H and O–H groups in total. The molecule has 1 aromatic rings. The third-order valence-corrected chi connectivity index (χ3v) is 3.92. The van der Waals surface area contributed by atoms with Crippen LogP contribution in [0.5, 0.6) is 5.75 Å². The number of hydrogen-bond donors (Lipinski definition) is 3. The van der Waals surface area contributed by atoms with Gasteiger partial charge in [0, 0.05) is 25.4 Å². The minimum absolute atomic E-state index is 0.272. The van der Waals surface area contributed by atoms with E-state index in [1.54, 1.807) is 6.07 Å². The standard InChI is InChI=1S/C12H18BrNO2S/c13-11-8-10(2-3-12(11)16)9-14-4-7-17-6-1-5-15/h2-3,8,14-16H,1,4-7,9H2. The molecule has 96 valence electrons. The Bertz CT molecular complexity index is 336. The zero-order chi connectivity index (χ0) is 12.5. The van der Waals surface area contributed by atoms with Crippen LogP contribution in [-0.2, 0) is 6.54 Å². The zero-order valence-electron chi connectivity index (χ0n) is 9.66. The van der Waals surface area contributed by atoms with E-state index in [0.717, 1.165) is 41.1 Å². The molecule has 0 atom stereocenters. The lowest BCUT2D eigenvalue weighted by atomic mass is 10.2. The van der Waals surface area contributed by atoms with Crippen LogP contribution in [0.4, 0.5) is 0 Å². The second kappa shape index (κ2) is 8.80. The van der Waals surface area contributed by atoms with E-state index in [9.17, 15) is 5.11 Å². The van der Waals surface area contributed by atoms with E-state index < -0.39 is 0 Å². The molecule has 0 saturated carbocycles. The number of phenolic OH excluding ortho intramolecular Hbond substituents is 1. The summed E-state index contributed by atoms with van der Waals surface area (Å²) in [6.45, 7) is 2.04. The largest absolute Gasteiger partial charge is 0.507 e. The molecule has 0 aliphatic rings. The number of thioether (sulfide) groups is 1. The van der Waals surface area contributed by atoms with Crippen LogP contribution in [0.2, 0.25) is 0 Å². The monoisotopic (exact) mass is 319 g/mol. The van der Waals surface area contributed by atoms with Gasteiger partial charge >= 0.3 is 0 Å². The molecular weight excluding hydrogens is 302 g/mol. The molecule has 0 heterocycles. The van der Waals surface area contributed by atoms with Crippen LogP contribution in [0.3, 0.4) is 0 Å². The van der Waals surface area contributed by atoms with Crippen LogP contribution in [0.25, 0.3) is 0 Å². The van der Waals surface area contributed by atoms with Crippen molar-refractivity contribution in [1.29, 1.82) is 0 Å². The number of phenols is 1. The van der Waals surface area contributed by atoms with Gasteiger partial charge in [0.1, 0.15) is 5.75 Å². The maximum absolute atomic E-state index is 9.34. The van der Waals surface area contributed by atoms with Crippen molar-refractivity contribution in [3.8, 4) is 5.75 Å². The predicted molar refractivity (Wildman–Crippen MR) is 76.5 cm³/mol. The summed E-state index contributed by atoms with van der Waals surface area (Å²) >= 11 is 5.14. The van der Waals surface area contributed by atoms with E-state index in [2.05, 4.69) is 21.2 Å². The van der Waals surface area contributed by atoms with E-state index in [-0.39, 0.29) is 12.4 Å². The summed E-state index contributed by atoms with van der Waals surface area (Å²) in [4.78, 5) is 0. The molecule has 0 amide bonds. The van der Waals surface area contributed by atoms with Crippen molar-refractivity contribution < 1.29 is 10.2 Å². The number of nitrogens with one attached hydrogen (secondary N) is 1. The van der Waals surface area contributed by atoms with Crippen LogP contribution < -0.4 is 5.32 Å². The number of hydrogen-bond acceptors (Lipinski definition) is 4. The third-order valence-electron chi connectivity index (χ3n) is 2.21. The normalized spacial score (nSPS) is 10.7. The fourth-order valence-electron chi connectivity index (χ4n) is 1.31. The van der Waals surface area contributed by atoms with Crippen LogP contribution >= 0.6 is 27.7 Å². The number of halogens is 1. The molecule has 1 aromatic carbocycles. The molecule has 0 spiro atoms. The van der Waals surface area contributed by atoms with Gasteiger partial charge in [0.2, 0.25) is 0 Å². The minimum atomic E-state index is 0.272. The SMILES string of the molecule is OCCCSCCNCc1ccc(O)c(Br)c1. The molecule has 0 saturated heterocycles.